The second-order valence-electron chi connectivity index (χ2n) is 5.97. The number of hydrogen-bond acceptors (Lipinski definition) is 3. The summed E-state index contributed by atoms with van der Waals surface area (Å²) in [4.78, 5) is 15.7. The smallest absolute Gasteiger partial charge is 0.256 e. The van der Waals surface area contributed by atoms with Crippen molar-refractivity contribution in [3.05, 3.63) is 59.3 Å². The number of hydrogen-bond donors (Lipinski definition) is 3. The Balaban J connectivity index is 1.94. The van der Waals surface area contributed by atoms with Crippen LogP contribution < -0.4 is 10.5 Å². The number of primary sulfonamides is 1. The highest BCUT2D eigenvalue weighted by molar-refractivity contribution is 7.89. The van der Waals surface area contributed by atoms with Crippen LogP contribution in [-0.2, 0) is 14.8 Å². The Bertz CT molecular complexity index is 1170. The van der Waals surface area contributed by atoms with Crippen LogP contribution in [0.4, 0.5) is 5.69 Å². The van der Waals surface area contributed by atoms with Crippen LogP contribution >= 0.6 is 0 Å². The van der Waals surface area contributed by atoms with E-state index in [-0.39, 0.29) is 10.8 Å². The van der Waals surface area contributed by atoms with Gasteiger partial charge in [0.1, 0.15) is 0 Å². The molecule has 4 rings (SSSR count). The molecule has 6 nitrogen and oxygen atoms in total. The van der Waals surface area contributed by atoms with E-state index in [0.717, 1.165) is 22.2 Å². The van der Waals surface area contributed by atoms with Crippen LogP contribution in [0, 0.1) is 6.92 Å². The van der Waals surface area contributed by atoms with Gasteiger partial charge < -0.3 is 10.3 Å². The zero-order chi connectivity index (χ0) is 17.8. The Kier molecular flexibility index (Phi) is 3.31. The molecule has 1 aliphatic rings. The van der Waals surface area contributed by atoms with Gasteiger partial charge in [0.05, 0.1) is 4.90 Å². The van der Waals surface area contributed by atoms with E-state index in [1.54, 1.807) is 12.1 Å². The highest BCUT2D eigenvalue weighted by Gasteiger charge is 2.26. The van der Waals surface area contributed by atoms with Gasteiger partial charge in [-0.1, -0.05) is 18.2 Å². The number of anilines is 1. The summed E-state index contributed by atoms with van der Waals surface area (Å²) in [7, 11) is -3.84. The molecule has 0 saturated carbocycles. The number of nitrogens with one attached hydrogen (secondary N) is 2. The van der Waals surface area contributed by atoms with Crippen molar-refractivity contribution in [1.82, 2.24) is 4.98 Å². The van der Waals surface area contributed by atoms with Gasteiger partial charge in [0.2, 0.25) is 10.0 Å². The fraction of sp³-hybridized carbons (Fsp3) is 0.0556. The number of aromatic nitrogens is 1. The minimum absolute atomic E-state index is 0.0238. The summed E-state index contributed by atoms with van der Waals surface area (Å²) in [5, 5.41) is 8.96. The normalized spacial score (nSPS) is 15.6. The molecule has 0 radical (unpaired) electrons. The molecule has 25 heavy (non-hydrogen) atoms. The molecule has 0 spiro atoms. The van der Waals surface area contributed by atoms with E-state index in [2.05, 4.69) is 10.3 Å². The Labute approximate surface area is 144 Å². The number of rotatable bonds is 2. The SMILES string of the molecule is Cc1[nH]c2ccccc2c1/C=C1/C(=O)Nc2ccc(S(N)(=O)=O)cc21. The second-order valence-corrected chi connectivity index (χ2v) is 7.54. The molecule has 2 heterocycles. The molecular formula is C18H15N3O3S. The number of fused-ring (bicyclic) bond motifs is 2. The maximum absolute atomic E-state index is 12.4. The molecule has 0 unspecified atom stereocenters. The van der Waals surface area contributed by atoms with E-state index < -0.39 is 10.0 Å². The third-order valence-electron chi connectivity index (χ3n) is 4.33. The van der Waals surface area contributed by atoms with Crippen molar-refractivity contribution in [3.8, 4) is 0 Å². The zero-order valence-corrected chi connectivity index (χ0v) is 14.1. The Morgan fingerprint density at radius 3 is 2.64 bits per heavy atom. The summed E-state index contributed by atoms with van der Waals surface area (Å²) >= 11 is 0. The molecule has 4 N–H and O–H groups in total. The van der Waals surface area contributed by atoms with E-state index in [1.165, 1.54) is 12.1 Å². The average molecular weight is 353 g/mol. The number of carbonyl (C=O) groups is 1. The fourth-order valence-electron chi connectivity index (χ4n) is 3.12. The minimum Gasteiger partial charge on any atom is -0.358 e. The van der Waals surface area contributed by atoms with Crippen molar-refractivity contribution in [3.63, 3.8) is 0 Å². The monoisotopic (exact) mass is 353 g/mol. The first-order valence-electron chi connectivity index (χ1n) is 7.62. The first-order valence-corrected chi connectivity index (χ1v) is 9.17. The predicted molar refractivity (Wildman–Crippen MR) is 97.4 cm³/mol. The van der Waals surface area contributed by atoms with E-state index in [0.29, 0.717) is 16.8 Å². The van der Waals surface area contributed by atoms with Crippen LogP contribution in [0.15, 0.2) is 47.4 Å². The molecule has 1 amide bonds. The van der Waals surface area contributed by atoms with Crippen molar-refractivity contribution < 1.29 is 13.2 Å². The molecule has 0 atom stereocenters. The molecule has 7 heteroatoms. The van der Waals surface area contributed by atoms with E-state index in [1.807, 2.05) is 31.2 Å². The number of para-hydroxylation sites is 1. The van der Waals surface area contributed by atoms with Crippen LogP contribution in [0.3, 0.4) is 0 Å². The quantitative estimate of drug-likeness (QED) is 0.617. The van der Waals surface area contributed by atoms with Gasteiger partial charge in [0.15, 0.2) is 0 Å². The molecule has 0 fully saturated rings. The Morgan fingerprint density at radius 2 is 1.88 bits per heavy atom. The molecule has 1 aromatic heterocycles. The van der Waals surface area contributed by atoms with Crippen molar-refractivity contribution >= 4 is 44.2 Å². The van der Waals surface area contributed by atoms with Crippen LogP contribution in [0.25, 0.3) is 22.6 Å². The van der Waals surface area contributed by atoms with Crippen molar-refractivity contribution in [2.24, 2.45) is 5.14 Å². The van der Waals surface area contributed by atoms with Gasteiger partial charge in [0, 0.05) is 39.0 Å². The molecule has 3 aromatic rings. The van der Waals surface area contributed by atoms with Gasteiger partial charge in [-0.15, -0.1) is 0 Å². The van der Waals surface area contributed by atoms with Gasteiger partial charge in [-0.3, -0.25) is 4.79 Å². The number of aryl methyl sites for hydroxylation is 1. The molecule has 0 saturated heterocycles. The number of sulfonamides is 1. The lowest BCUT2D eigenvalue weighted by atomic mass is 10.0. The van der Waals surface area contributed by atoms with Crippen molar-refractivity contribution in [1.29, 1.82) is 0 Å². The standard InChI is InChI=1S/C18H15N3O3S/c1-10-13(12-4-2-3-5-16(12)20-10)9-15-14-8-11(25(19,23)24)6-7-17(14)21-18(15)22/h2-9,20H,1H3,(H,21,22)(H2,19,23,24)/b15-9+. The number of nitrogens with two attached hydrogens (primary N) is 1. The minimum atomic E-state index is -3.84. The predicted octanol–water partition coefficient (Wildman–Crippen LogP) is 2.62. The Hall–Kier alpha value is -2.90. The molecule has 2 aromatic carbocycles. The maximum Gasteiger partial charge on any atom is 0.256 e. The van der Waals surface area contributed by atoms with Gasteiger partial charge in [-0.25, -0.2) is 13.6 Å². The van der Waals surface area contributed by atoms with Gasteiger partial charge in [-0.05, 0) is 37.3 Å². The lowest BCUT2D eigenvalue weighted by Crippen LogP contribution is -2.12. The highest BCUT2D eigenvalue weighted by Crippen LogP contribution is 2.36. The number of benzene rings is 2. The number of carbonyl (C=O) groups excluding carboxylic acids is 1. The van der Waals surface area contributed by atoms with Crippen LogP contribution in [0.2, 0.25) is 0 Å². The van der Waals surface area contributed by atoms with Gasteiger partial charge in [-0.2, -0.15) is 0 Å². The number of amides is 1. The third kappa shape index (κ3) is 2.54. The van der Waals surface area contributed by atoms with E-state index >= 15 is 0 Å². The van der Waals surface area contributed by atoms with E-state index in [4.69, 9.17) is 5.14 Å². The van der Waals surface area contributed by atoms with Crippen molar-refractivity contribution in [2.45, 2.75) is 11.8 Å². The van der Waals surface area contributed by atoms with Crippen LogP contribution in [-0.4, -0.2) is 19.3 Å². The van der Waals surface area contributed by atoms with Crippen LogP contribution in [0.1, 0.15) is 16.8 Å². The molecular weight excluding hydrogens is 338 g/mol. The van der Waals surface area contributed by atoms with E-state index in [9.17, 15) is 13.2 Å². The largest absolute Gasteiger partial charge is 0.358 e. The molecule has 1 aliphatic heterocycles. The molecule has 126 valence electrons. The highest BCUT2D eigenvalue weighted by atomic mass is 32.2. The first kappa shape index (κ1) is 15.6. The van der Waals surface area contributed by atoms with Gasteiger partial charge >= 0.3 is 0 Å². The second kappa shape index (κ2) is 5.30. The number of H-pyrrole nitrogens is 1. The lowest BCUT2D eigenvalue weighted by molar-refractivity contribution is -0.110. The van der Waals surface area contributed by atoms with Gasteiger partial charge in [0.25, 0.3) is 5.91 Å². The topological polar surface area (TPSA) is 105 Å². The fourth-order valence-corrected chi connectivity index (χ4v) is 3.66. The molecule has 0 bridgehead atoms. The summed E-state index contributed by atoms with van der Waals surface area (Å²) in [6, 6.07) is 12.2. The van der Waals surface area contributed by atoms with Crippen LogP contribution in [0.5, 0.6) is 0 Å². The zero-order valence-electron chi connectivity index (χ0n) is 13.3. The first-order chi connectivity index (χ1) is 11.8. The summed E-state index contributed by atoms with van der Waals surface area (Å²) < 4.78 is 23.2. The average Bonchev–Trinajstić information content (AvgIpc) is 3.04. The van der Waals surface area contributed by atoms with Crippen molar-refractivity contribution in [2.75, 3.05) is 5.32 Å². The third-order valence-corrected chi connectivity index (χ3v) is 5.25. The summed E-state index contributed by atoms with van der Waals surface area (Å²) in [6.45, 7) is 1.93. The maximum atomic E-state index is 12.4. The summed E-state index contributed by atoms with van der Waals surface area (Å²) in [6.07, 6.45) is 1.78. The summed E-state index contributed by atoms with van der Waals surface area (Å²) in [5.41, 5.74) is 4.31. The lowest BCUT2D eigenvalue weighted by Gasteiger charge is -2.03. The summed E-state index contributed by atoms with van der Waals surface area (Å²) in [5.74, 6) is -0.272. The molecule has 0 aliphatic carbocycles. The Morgan fingerprint density at radius 1 is 1.12 bits per heavy atom. The number of aromatic amines is 1.